The number of ether oxygens (including phenoxy) is 1. The van der Waals surface area contributed by atoms with Crippen LogP contribution in [0.15, 0.2) is 30.5 Å². The molecule has 18 heavy (non-hydrogen) atoms. The van der Waals surface area contributed by atoms with Gasteiger partial charge in [0.05, 0.1) is 13.4 Å². The molecule has 1 heterocycles. The molecule has 1 aromatic rings. The first-order valence-corrected chi connectivity index (χ1v) is 6.01. The molecule has 1 aliphatic heterocycles. The molecule has 0 saturated carbocycles. The van der Waals surface area contributed by atoms with Crippen LogP contribution in [-0.4, -0.2) is 20.2 Å². The number of methoxy groups -OCH3 is 1. The Hall–Kier alpha value is -1.06. The van der Waals surface area contributed by atoms with Crippen molar-refractivity contribution in [3.8, 4) is 0 Å². The highest BCUT2D eigenvalue weighted by Crippen LogP contribution is 2.30. The molecule has 1 N–H and O–H groups in total. The minimum atomic E-state index is -0.198. The number of benzene rings is 1. The van der Waals surface area contributed by atoms with Crippen molar-refractivity contribution in [3.63, 3.8) is 0 Å². The van der Waals surface area contributed by atoms with Crippen molar-refractivity contribution in [3.05, 3.63) is 41.9 Å². The Kier molecular flexibility index (Phi) is 6.16. The zero-order chi connectivity index (χ0) is 12.1. The third-order valence-electron chi connectivity index (χ3n) is 3.20. The van der Waals surface area contributed by atoms with Gasteiger partial charge in [-0.1, -0.05) is 12.1 Å². The van der Waals surface area contributed by atoms with Crippen LogP contribution in [0.4, 0.5) is 4.39 Å². The number of nitrogens with one attached hydrogen (secondary N) is 1. The van der Waals surface area contributed by atoms with E-state index in [1.807, 2.05) is 12.1 Å². The number of hydrogen-bond acceptors (Lipinski definition) is 2. The van der Waals surface area contributed by atoms with Gasteiger partial charge in [0.1, 0.15) is 5.82 Å². The molecular weight excluding hydrogens is 253 g/mol. The van der Waals surface area contributed by atoms with Crippen LogP contribution in [0.1, 0.15) is 18.4 Å². The number of piperidine rings is 1. The number of allylic oxidation sites excluding steroid dienone is 1. The van der Waals surface area contributed by atoms with E-state index in [1.165, 1.54) is 17.7 Å². The number of hydrogen-bond donors (Lipinski definition) is 1. The molecule has 1 saturated heterocycles. The van der Waals surface area contributed by atoms with Crippen molar-refractivity contribution in [1.82, 2.24) is 5.32 Å². The zero-order valence-electron chi connectivity index (χ0n) is 10.5. The van der Waals surface area contributed by atoms with E-state index in [-0.39, 0.29) is 18.2 Å². The summed E-state index contributed by atoms with van der Waals surface area (Å²) in [7, 11) is 1.66. The van der Waals surface area contributed by atoms with Crippen molar-refractivity contribution in [2.75, 3.05) is 20.2 Å². The normalized spacial score (nSPS) is 17.1. The Morgan fingerprint density at radius 1 is 1.28 bits per heavy atom. The van der Waals surface area contributed by atoms with E-state index in [4.69, 9.17) is 4.74 Å². The lowest BCUT2D eigenvalue weighted by Crippen LogP contribution is -2.28. The molecule has 1 aliphatic rings. The third kappa shape index (κ3) is 3.72. The Labute approximate surface area is 114 Å². The molecule has 100 valence electrons. The summed E-state index contributed by atoms with van der Waals surface area (Å²) in [5.74, 6) is 0.303. The average molecular weight is 272 g/mol. The van der Waals surface area contributed by atoms with Crippen molar-refractivity contribution in [2.24, 2.45) is 5.92 Å². The van der Waals surface area contributed by atoms with Crippen molar-refractivity contribution in [1.29, 1.82) is 0 Å². The van der Waals surface area contributed by atoms with E-state index in [2.05, 4.69) is 5.32 Å². The quantitative estimate of drug-likeness (QED) is 0.853. The predicted molar refractivity (Wildman–Crippen MR) is 74.2 cm³/mol. The molecule has 0 aromatic heterocycles. The second kappa shape index (κ2) is 7.39. The molecule has 1 aromatic carbocycles. The smallest absolute Gasteiger partial charge is 0.123 e. The summed E-state index contributed by atoms with van der Waals surface area (Å²) in [6.45, 7) is 2.07. The Morgan fingerprint density at radius 3 is 2.44 bits per heavy atom. The first-order chi connectivity index (χ1) is 8.31. The second-order valence-electron chi connectivity index (χ2n) is 4.34. The molecule has 0 aliphatic carbocycles. The lowest BCUT2D eigenvalue weighted by atomic mass is 9.86. The van der Waals surface area contributed by atoms with Crippen molar-refractivity contribution < 1.29 is 9.13 Å². The maximum absolute atomic E-state index is 12.9. The molecule has 1 fully saturated rings. The van der Waals surface area contributed by atoms with Gasteiger partial charge in [0.15, 0.2) is 0 Å². The number of halogens is 2. The average Bonchev–Trinajstić information content (AvgIpc) is 2.38. The molecule has 0 atom stereocenters. The highest BCUT2D eigenvalue weighted by Gasteiger charge is 2.19. The van der Waals surface area contributed by atoms with Gasteiger partial charge in [-0.15, -0.1) is 12.4 Å². The number of rotatable bonds is 3. The van der Waals surface area contributed by atoms with E-state index in [1.54, 1.807) is 13.4 Å². The molecule has 0 amide bonds. The fourth-order valence-corrected chi connectivity index (χ4v) is 2.30. The second-order valence-corrected chi connectivity index (χ2v) is 4.34. The van der Waals surface area contributed by atoms with Gasteiger partial charge < -0.3 is 10.1 Å². The van der Waals surface area contributed by atoms with E-state index in [9.17, 15) is 4.39 Å². The standard InChI is InChI=1S/C14H18FNO.ClH/c1-17-10-14(12-6-8-16-9-7-12)11-2-4-13(15)5-3-11;/h2-5,10,12,16H,6-9H2,1H3;1H. The molecule has 0 radical (unpaired) electrons. The van der Waals surface area contributed by atoms with Crippen molar-refractivity contribution >= 4 is 18.0 Å². The Balaban J connectivity index is 0.00000162. The fourth-order valence-electron chi connectivity index (χ4n) is 2.30. The van der Waals surface area contributed by atoms with E-state index in [0.29, 0.717) is 5.92 Å². The Bertz CT molecular complexity index is 385. The van der Waals surface area contributed by atoms with Crippen LogP contribution in [0.5, 0.6) is 0 Å². The first-order valence-electron chi connectivity index (χ1n) is 6.01. The van der Waals surface area contributed by atoms with Crippen LogP contribution in [0, 0.1) is 11.7 Å². The van der Waals surface area contributed by atoms with Crippen molar-refractivity contribution in [2.45, 2.75) is 12.8 Å². The summed E-state index contributed by atoms with van der Waals surface area (Å²) in [6, 6.07) is 6.64. The van der Waals surface area contributed by atoms with Gasteiger partial charge in [0.2, 0.25) is 0 Å². The Morgan fingerprint density at radius 2 is 1.89 bits per heavy atom. The highest BCUT2D eigenvalue weighted by molar-refractivity contribution is 5.85. The van der Waals surface area contributed by atoms with Gasteiger partial charge in [-0.3, -0.25) is 0 Å². The molecule has 4 heteroatoms. The van der Waals surface area contributed by atoms with Crippen LogP contribution in [0.25, 0.3) is 5.57 Å². The summed E-state index contributed by atoms with van der Waals surface area (Å²) in [4.78, 5) is 0. The van der Waals surface area contributed by atoms with Gasteiger partial charge in [-0.2, -0.15) is 0 Å². The summed E-state index contributed by atoms with van der Waals surface area (Å²) >= 11 is 0. The van der Waals surface area contributed by atoms with Crippen LogP contribution in [-0.2, 0) is 4.74 Å². The van der Waals surface area contributed by atoms with Gasteiger partial charge >= 0.3 is 0 Å². The molecule has 2 rings (SSSR count). The van der Waals surface area contributed by atoms with E-state index in [0.717, 1.165) is 31.5 Å². The first kappa shape index (κ1) is 15.0. The monoisotopic (exact) mass is 271 g/mol. The minimum absolute atomic E-state index is 0. The van der Waals surface area contributed by atoms with Crippen LogP contribution in [0.2, 0.25) is 0 Å². The van der Waals surface area contributed by atoms with Gasteiger partial charge in [0, 0.05) is 0 Å². The largest absolute Gasteiger partial charge is 0.504 e. The van der Waals surface area contributed by atoms with E-state index < -0.39 is 0 Å². The predicted octanol–water partition coefficient (Wildman–Crippen LogP) is 3.23. The highest BCUT2D eigenvalue weighted by atomic mass is 35.5. The topological polar surface area (TPSA) is 21.3 Å². The zero-order valence-corrected chi connectivity index (χ0v) is 11.3. The maximum Gasteiger partial charge on any atom is 0.123 e. The minimum Gasteiger partial charge on any atom is -0.504 e. The third-order valence-corrected chi connectivity index (χ3v) is 3.20. The lowest BCUT2D eigenvalue weighted by molar-refractivity contribution is 0.333. The maximum atomic E-state index is 12.9. The van der Waals surface area contributed by atoms with Gasteiger partial charge in [0.25, 0.3) is 0 Å². The van der Waals surface area contributed by atoms with Crippen LogP contribution in [0.3, 0.4) is 0 Å². The molecule has 0 bridgehead atoms. The molecule has 0 spiro atoms. The SMILES string of the molecule is COC=C(c1ccc(F)cc1)C1CCNCC1.Cl. The summed E-state index contributed by atoms with van der Waals surface area (Å²) in [5, 5.41) is 3.34. The summed E-state index contributed by atoms with van der Waals surface area (Å²) < 4.78 is 18.1. The summed E-state index contributed by atoms with van der Waals surface area (Å²) in [5.41, 5.74) is 2.23. The lowest BCUT2D eigenvalue weighted by Gasteiger charge is -2.25. The van der Waals surface area contributed by atoms with Crippen LogP contribution >= 0.6 is 12.4 Å². The van der Waals surface area contributed by atoms with Crippen LogP contribution < -0.4 is 5.32 Å². The van der Waals surface area contributed by atoms with Gasteiger partial charge in [-0.05, 0) is 55.1 Å². The molecular formula is C14H19ClFNO. The fraction of sp³-hybridized carbons (Fsp3) is 0.429. The summed E-state index contributed by atoms with van der Waals surface area (Å²) in [6.07, 6.45) is 4.00. The van der Waals surface area contributed by atoms with Gasteiger partial charge in [-0.25, -0.2) is 4.39 Å². The van der Waals surface area contributed by atoms with E-state index >= 15 is 0 Å². The molecule has 2 nitrogen and oxygen atoms in total. The molecule has 0 unspecified atom stereocenters.